The van der Waals surface area contributed by atoms with Crippen LogP contribution < -0.4 is 0 Å². The smallest absolute Gasteiger partial charge is 0.161 e. The van der Waals surface area contributed by atoms with Crippen LogP contribution in [0.4, 0.5) is 0 Å². The summed E-state index contributed by atoms with van der Waals surface area (Å²) in [6, 6.07) is 73.6. The molecule has 0 saturated carbocycles. The highest BCUT2D eigenvalue weighted by molar-refractivity contribution is 6.27. The van der Waals surface area contributed by atoms with E-state index in [0.717, 1.165) is 77.3 Å². The predicted octanol–water partition coefficient (Wildman–Crippen LogP) is 13.9. The summed E-state index contributed by atoms with van der Waals surface area (Å²) in [7, 11) is 0. The molecule has 0 bridgehead atoms. The van der Waals surface area contributed by atoms with Gasteiger partial charge in [-0.3, -0.25) is 5.41 Å². The average molecular weight is 780 g/mol. The van der Waals surface area contributed by atoms with Crippen LogP contribution in [0.5, 0.6) is 0 Å². The maximum atomic E-state index is 8.80. The molecule has 11 rings (SSSR count). The van der Waals surface area contributed by atoms with Gasteiger partial charge in [-0.15, -0.1) is 0 Å². The molecule has 0 aliphatic carbocycles. The van der Waals surface area contributed by atoms with Crippen molar-refractivity contribution in [1.82, 2.24) is 9.55 Å². The molecule has 11 aromatic rings. The highest BCUT2D eigenvalue weighted by atomic mass is 15.0. The van der Waals surface area contributed by atoms with E-state index in [0.29, 0.717) is 5.84 Å². The second-order valence-corrected chi connectivity index (χ2v) is 15.2. The van der Waals surface area contributed by atoms with Crippen molar-refractivity contribution in [3.8, 4) is 28.1 Å². The topological polar surface area (TPSA) is 66.4 Å². The van der Waals surface area contributed by atoms with E-state index in [-0.39, 0.29) is 5.84 Å². The summed E-state index contributed by atoms with van der Waals surface area (Å²) >= 11 is 0. The lowest BCUT2D eigenvalue weighted by Crippen LogP contribution is -2.04. The van der Waals surface area contributed by atoms with Gasteiger partial charge in [-0.25, -0.2) is 15.0 Å². The zero-order valence-electron chi connectivity index (χ0n) is 33.1. The van der Waals surface area contributed by atoms with Gasteiger partial charge in [0.1, 0.15) is 0 Å². The minimum atomic E-state index is 0.161. The number of amidine groups is 2. The fourth-order valence-corrected chi connectivity index (χ4v) is 8.55. The summed E-state index contributed by atoms with van der Waals surface area (Å²) in [6.45, 7) is 0. The molecule has 2 heterocycles. The highest BCUT2D eigenvalue weighted by Gasteiger charge is 2.20. The molecule has 0 saturated heterocycles. The molecule has 5 heteroatoms. The van der Waals surface area contributed by atoms with E-state index in [2.05, 4.69) is 156 Å². The Morgan fingerprint density at radius 1 is 0.492 bits per heavy atom. The van der Waals surface area contributed by atoms with Gasteiger partial charge in [-0.2, -0.15) is 0 Å². The van der Waals surface area contributed by atoms with Crippen molar-refractivity contribution in [3.63, 3.8) is 0 Å². The average Bonchev–Trinajstić information content (AvgIpc) is 3.67. The van der Waals surface area contributed by atoms with Crippen LogP contribution in [-0.4, -0.2) is 27.4 Å². The van der Waals surface area contributed by atoms with Gasteiger partial charge in [0.2, 0.25) is 0 Å². The van der Waals surface area contributed by atoms with Gasteiger partial charge in [-0.05, 0) is 63.9 Å². The van der Waals surface area contributed by atoms with Crippen LogP contribution >= 0.6 is 0 Å². The van der Waals surface area contributed by atoms with E-state index in [1.54, 1.807) is 6.21 Å². The monoisotopic (exact) mass is 779 g/mol. The molecule has 5 nitrogen and oxygen atoms in total. The normalized spacial score (nSPS) is 12.0. The van der Waals surface area contributed by atoms with Crippen LogP contribution in [-0.2, 0) is 0 Å². The number of nitrogens with zero attached hydrogens (tertiary/aromatic N) is 4. The van der Waals surface area contributed by atoms with Crippen LogP contribution in [0.2, 0.25) is 0 Å². The van der Waals surface area contributed by atoms with Crippen molar-refractivity contribution in [2.24, 2.45) is 9.98 Å². The Morgan fingerprint density at radius 3 is 1.92 bits per heavy atom. The summed E-state index contributed by atoms with van der Waals surface area (Å²) in [5.41, 5.74) is 11.3. The van der Waals surface area contributed by atoms with Crippen molar-refractivity contribution in [2.45, 2.75) is 0 Å². The molecule has 0 spiro atoms. The molecular formula is C56H37N5. The summed E-state index contributed by atoms with van der Waals surface area (Å²) in [6.07, 6.45) is 1.81. The van der Waals surface area contributed by atoms with Gasteiger partial charge < -0.3 is 4.57 Å². The van der Waals surface area contributed by atoms with Gasteiger partial charge in [0.25, 0.3) is 0 Å². The molecule has 286 valence electrons. The number of para-hydroxylation sites is 2. The van der Waals surface area contributed by atoms with Crippen molar-refractivity contribution in [1.29, 1.82) is 5.41 Å². The number of fused-ring (bicyclic) bond motifs is 8. The third kappa shape index (κ3) is 6.55. The predicted molar refractivity (Wildman–Crippen MR) is 256 cm³/mol. The molecular weight excluding hydrogens is 743 g/mol. The van der Waals surface area contributed by atoms with Crippen molar-refractivity contribution in [2.75, 3.05) is 0 Å². The van der Waals surface area contributed by atoms with Crippen LogP contribution in [0.3, 0.4) is 0 Å². The first-order chi connectivity index (χ1) is 30.2. The fourth-order valence-electron chi connectivity index (χ4n) is 8.55. The van der Waals surface area contributed by atoms with Crippen LogP contribution in [0.1, 0.15) is 16.7 Å². The Hall–Kier alpha value is -8.28. The largest absolute Gasteiger partial charge is 0.309 e. The van der Waals surface area contributed by atoms with Gasteiger partial charge >= 0.3 is 0 Å². The number of pyridine rings is 1. The first kappa shape index (κ1) is 35.8. The van der Waals surface area contributed by atoms with Crippen LogP contribution in [0.15, 0.2) is 222 Å². The Bertz CT molecular complexity index is 3520. The molecule has 9 aromatic carbocycles. The Labute approximate surface area is 352 Å². The van der Waals surface area contributed by atoms with Crippen LogP contribution in [0.25, 0.3) is 82.3 Å². The van der Waals surface area contributed by atoms with Gasteiger partial charge in [0.15, 0.2) is 11.7 Å². The molecule has 0 amide bonds. The standard InChI is InChI=1S/C56H37N5/c57-55(39-19-9-3-10-20-39)60-56(58-36-37-15-5-1-6-16-37)44-28-27-40-33-41(25-26-42(40)34-44)43-29-30-46-47-31-32-49-52(54(47)61(51(46)35-43)45-21-11-4-12-22-45)48-23-13-14-24-50(48)59-53(49)38-17-7-2-8-18-38/h1-36,57H. The molecule has 0 atom stereocenters. The van der Waals surface area contributed by atoms with E-state index in [4.69, 9.17) is 20.4 Å². The fraction of sp³-hybridized carbons (Fsp3) is 0. The quantitative estimate of drug-likeness (QED) is 0.102. The zero-order valence-corrected chi connectivity index (χ0v) is 33.1. The van der Waals surface area contributed by atoms with E-state index >= 15 is 0 Å². The Morgan fingerprint density at radius 2 is 1.11 bits per heavy atom. The van der Waals surface area contributed by atoms with Crippen LogP contribution in [0, 0.1) is 5.41 Å². The molecule has 0 aliphatic heterocycles. The summed E-state index contributed by atoms with van der Waals surface area (Å²) in [5, 5.41) is 16.8. The van der Waals surface area contributed by atoms with Gasteiger partial charge in [0.05, 0.1) is 22.2 Å². The van der Waals surface area contributed by atoms with E-state index in [1.807, 2.05) is 60.7 Å². The summed E-state index contributed by atoms with van der Waals surface area (Å²) < 4.78 is 2.44. The number of rotatable bonds is 6. The number of benzene rings is 9. The molecule has 61 heavy (non-hydrogen) atoms. The lowest BCUT2D eigenvalue weighted by molar-refractivity contribution is 1.19. The third-order valence-corrected chi connectivity index (χ3v) is 11.5. The Kier molecular flexibility index (Phi) is 8.90. The minimum Gasteiger partial charge on any atom is -0.309 e. The summed E-state index contributed by atoms with van der Waals surface area (Å²) in [4.78, 5) is 14.8. The number of nitrogens with one attached hydrogen (secondary N) is 1. The second-order valence-electron chi connectivity index (χ2n) is 15.2. The maximum Gasteiger partial charge on any atom is 0.161 e. The summed E-state index contributed by atoms with van der Waals surface area (Å²) in [5.74, 6) is 0.642. The van der Waals surface area contributed by atoms with Crippen molar-refractivity contribution >= 4 is 72.1 Å². The van der Waals surface area contributed by atoms with Gasteiger partial charge in [-0.1, -0.05) is 176 Å². The van der Waals surface area contributed by atoms with Crippen molar-refractivity contribution < 1.29 is 0 Å². The Balaban J connectivity index is 1.06. The molecule has 1 N–H and O–H groups in total. The molecule has 0 radical (unpaired) electrons. The highest BCUT2D eigenvalue weighted by Crippen LogP contribution is 2.43. The molecule has 0 fully saturated rings. The zero-order chi connectivity index (χ0) is 40.7. The lowest BCUT2D eigenvalue weighted by Gasteiger charge is -2.14. The van der Waals surface area contributed by atoms with E-state index in [9.17, 15) is 0 Å². The number of hydrogen-bond donors (Lipinski definition) is 1. The first-order valence-corrected chi connectivity index (χ1v) is 20.4. The van der Waals surface area contributed by atoms with Crippen molar-refractivity contribution in [3.05, 3.63) is 229 Å². The molecule has 2 aromatic heterocycles. The molecule has 0 unspecified atom stereocenters. The SMILES string of the molecule is N=C(N=C(N=Cc1ccccc1)c1ccc2cc(-c3ccc4c5ccc6c(-c7ccccc7)nc7ccccc7c6c5n(-c5ccccc5)c4c3)ccc2c1)c1ccccc1. The third-order valence-electron chi connectivity index (χ3n) is 11.5. The van der Waals surface area contributed by atoms with Gasteiger partial charge in [0, 0.05) is 55.5 Å². The minimum absolute atomic E-state index is 0.161. The first-order valence-electron chi connectivity index (χ1n) is 20.4. The molecule has 0 aliphatic rings. The lowest BCUT2D eigenvalue weighted by atomic mass is 9.97. The van der Waals surface area contributed by atoms with E-state index < -0.39 is 0 Å². The number of hydrogen-bond acceptors (Lipinski definition) is 2. The number of aliphatic imine (C=N–C) groups is 2. The van der Waals surface area contributed by atoms with E-state index in [1.165, 1.54) is 21.7 Å². The number of aromatic nitrogens is 2. The maximum absolute atomic E-state index is 8.80. The second kappa shape index (κ2) is 15.1.